The zero-order valence-corrected chi connectivity index (χ0v) is 14.9. The monoisotopic (exact) mass is 344 g/mol. The smallest absolute Gasteiger partial charge is 0.308 e. The number of rotatable bonds is 5. The van der Waals surface area contributed by atoms with Crippen molar-refractivity contribution in [3.63, 3.8) is 0 Å². The molecule has 0 bridgehead atoms. The number of likely N-dealkylation sites (tertiary alicyclic amines) is 1. The van der Waals surface area contributed by atoms with Crippen LogP contribution in [-0.2, 0) is 9.59 Å². The predicted molar refractivity (Wildman–Crippen MR) is 97.5 cm³/mol. The second kappa shape index (κ2) is 8.00. The van der Waals surface area contributed by atoms with Crippen LogP contribution in [0.2, 0.25) is 0 Å². The minimum Gasteiger partial charge on any atom is -0.481 e. The number of carbonyl (C=O) groups is 2. The zero-order valence-electron chi connectivity index (χ0n) is 14.9. The van der Waals surface area contributed by atoms with Gasteiger partial charge in [-0.05, 0) is 30.9 Å². The Balaban J connectivity index is 1.72. The first-order valence-electron chi connectivity index (χ1n) is 9.38. The van der Waals surface area contributed by atoms with E-state index < -0.39 is 5.97 Å². The van der Waals surface area contributed by atoms with Crippen LogP contribution in [0.3, 0.4) is 0 Å². The van der Waals surface area contributed by atoms with E-state index in [9.17, 15) is 14.7 Å². The maximum atomic E-state index is 13.1. The van der Waals surface area contributed by atoms with Crippen LogP contribution < -0.4 is 4.90 Å². The number of benzene rings is 1. The Morgan fingerprint density at radius 2 is 1.80 bits per heavy atom. The lowest BCUT2D eigenvalue weighted by Crippen LogP contribution is -2.46. The standard InChI is InChI=1S/C20H28N2O3/c1-15-12-21(13-18(15)20(24)25)14-19(23)22(16-8-4-2-5-9-16)17-10-6-3-7-11-17/h2,4-5,8-9,15,17-18H,3,6-7,10-14H2,1H3,(H,24,25)/t15-,18-/m1/s1. The van der Waals surface area contributed by atoms with Crippen LogP contribution in [0.15, 0.2) is 30.3 Å². The molecule has 0 radical (unpaired) electrons. The van der Waals surface area contributed by atoms with Gasteiger partial charge in [-0.1, -0.05) is 44.4 Å². The van der Waals surface area contributed by atoms with E-state index in [1.165, 1.54) is 19.3 Å². The van der Waals surface area contributed by atoms with Gasteiger partial charge in [-0.15, -0.1) is 0 Å². The van der Waals surface area contributed by atoms with Crippen molar-refractivity contribution in [3.8, 4) is 0 Å². The van der Waals surface area contributed by atoms with E-state index in [1.807, 2.05) is 47.1 Å². The summed E-state index contributed by atoms with van der Waals surface area (Å²) in [4.78, 5) is 28.4. The Hall–Kier alpha value is -1.88. The molecule has 1 saturated carbocycles. The molecular weight excluding hydrogens is 316 g/mol. The van der Waals surface area contributed by atoms with E-state index in [4.69, 9.17) is 0 Å². The van der Waals surface area contributed by atoms with Crippen LogP contribution >= 0.6 is 0 Å². The van der Waals surface area contributed by atoms with Crippen molar-refractivity contribution in [3.05, 3.63) is 30.3 Å². The van der Waals surface area contributed by atoms with Gasteiger partial charge in [0.25, 0.3) is 0 Å². The Bertz CT molecular complexity index is 598. The van der Waals surface area contributed by atoms with E-state index in [2.05, 4.69) is 0 Å². The topological polar surface area (TPSA) is 60.9 Å². The van der Waals surface area contributed by atoms with E-state index in [0.29, 0.717) is 19.6 Å². The molecule has 5 heteroatoms. The van der Waals surface area contributed by atoms with Gasteiger partial charge < -0.3 is 10.0 Å². The summed E-state index contributed by atoms with van der Waals surface area (Å²) in [7, 11) is 0. The third-order valence-corrected chi connectivity index (χ3v) is 5.61. The molecule has 2 atom stereocenters. The molecule has 25 heavy (non-hydrogen) atoms. The van der Waals surface area contributed by atoms with Gasteiger partial charge in [-0.25, -0.2) is 0 Å². The molecular formula is C20H28N2O3. The first kappa shape index (κ1) is 17.9. The molecule has 1 aromatic carbocycles. The molecule has 1 aromatic rings. The third-order valence-electron chi connectivity index (χ3n) is 5.61. The summed E-state index contributed by atoms with van der Waals surface area (Å²) in [6, 6.07) is 10.2. The molecule has 2 aliphatic rings. The summed E-state index contributed by atoms with van der Waals surface area (Å²) in [6.07, 6.45) is 5.69. The number of anilines is 1. The molecule has 5 nitrogen and oxygen atoms in total. The average Bonchev–Trinajstić information content (AvgIpc) is 2.97. The number of carbonyl (C=O) groups excluding carboxylic acids is 1. The maximum absolute atomic E-state index is 13.1. The van der Waals surface area contributed by atoms with Gasteiger partial charge in [0.2, 0.25) is 5.91 Å². The summed E-state index contributed by atoms with van der Waals surface area (Å²) in [5.41, 5.74) is 0.960. The molecule has 1 aliphatic heterocycles. The Kier molecular flexibility index (Phi) is 5.74. The normalized spacial score (nSPS) is 25.0. The van der Waals surface area contributed by atoms with Crippen molar-refractivity contribution in [2.24, 2.45) is 11.8 Å². The fourth-order valence-electron chi connectivity index (χ4n) is 4.27. The Labute approximate surface area is 149 Å². The first-order chi connectivity index (χ1) is 12.1. The number of para-hydroxylation sites is 1. The number of carboxylic acids is 1. The molecule has 136 valence electrons. The largest absolute Gasteiger partial charge is 0.481 e. The number of hydrogen-bond acceptors (Lipinski definition) is 3. The second-order valence-corrected chi connectivity index (χ2v) is 7.51. The first-order valence-corrected chi connectivity index (χ1v) is 9.38. The van der Waals surface area contributed by atoms with Gasteiger partial charge in [0.15, 0.2) is 0 Å². The summed E-state index contributed by atoms with van der Waals surface area (Å²) >= 11 is 0. The van der Waals surface area contributed by atoms with Crippen LogP contribution in [0.4, 0.5) is 5.69 Å². The molecule has 0 spiro atoms. The van der Waals surface area contributed by atoms with Gasteiger partial charge in [0.05, 0.1) is 12.5 Å². The van der Waals surface area contributed by atoms with Gasteiger partial charge in [0, 0.05) is 24.8 Å². The van der Waals surface area contributed by atoms with Gasteiger partial charge in [-0.3, -0.25) is 14.5 Å². The molecule has 2 fully saturated rings. The highest BCUT2D eigenvalue weighted by atomic mass is 16.4. The summed E-state index contributed by atoms with van der Waals surface area (Å²) in [5.74, 6) is -0.941. The molecule has 1 saturated heterocycles. The van der Waals surface area contributed by atoms with E-state index in [0.717, 1.165) is 18.5 Å². The lowest BCUT2D eigenvalue weighted by Gasteiger charge is -2.35. The Morgan fingerprint density at radius 1 is 1.12 bits per heavy atom. The maximum Gasteiger partial charge on any atom is 0.308 e. The summed E-state index contributed by atoms with van der Waals surface area (Å²) < 4.78 is 0. The highest BCUT2D eigenvalue weighted by Crippen LogP contribution is 2.29. The summed E-state index contributed by atoms with van der Waals surface area (Å²) in [5, 5.41) is 9.30. The number of hydrogen-bond donors (Lipinski definition) is 1. The second-order valence-electron chi connectivity index (χ2n) is 7.51. The summed E-state index contributed by atoms with van der Waals surface area (Å²) in [6.45, 7) is 3.41. The Morgan fingerprint density at radius 3 is 2.40 bits per heavy atom. The molecule has 0 aromatic heterocycles. The van der Waals surface area contributed by atoms with E-state index in [-0.39, 0.29) is 23.8 Å². The third kappa shape index (κ3) is 4.21. The van der Waals surface area contributed by atoms with Crippen LogP contribution in [-0.4, -0.2) is 47.6 Å². The van der Waals surface area contributed by atoms with Gasteiger partial charge >= 0.3 is 5.97 Å². The van der Waals surface area contributed by atoms with Crippen molar-refractivity contribution in [1.82, 2.24) is 4.90 Å². The minimum absolute atomic E-state index is 0.0881. The average molecular weight is 344 g/mol. The van der Waals surface area contributed by atoms with Crippen LogP contribution in [0.1, 0.15) is 39.0 Å². The minimum atomic E-state index is -0.755. The van der Waals surface area contributed by atoms with Gasteiger partial charge in [-0.2, -0.15) is 0 Å². The molecule has 0 unspecified atom stereocenters. The van der Waals surface area contributed by atoms with Crippen molar-refractivity contribution >= 4 is 17.6 Å². The molecule has 1 N–H and O–H groups in total. The fraction of sp³-hybridized carbons (Fsp3) is 0.600. The van der Waals surface area contributed by atoms with Crippen molar-refractivity contribution in [1.29, 1.82) is 0 Å². The van der Waals surface area contributed by atoms with Crippen LogP contribution in [0.5, 0.6) is 0 Å². The quantitative estimate of drug-likeness (QED) is 0.892. The lowest BCUT2D eigenvalue weighted by atomic mass is 9.93. The number of amides is 1. The van der Waals surface area contributed by atoms with Crippen molar-refractivity contribution < 1.29 is 14.7 Å². The SMILES string of the molecule is C[C@@H]1CN(CC(=O)N(c2ccccc2)C2CCCCC2)C[C@H]1C(=O)O. The number of nitrogens with zero attached hydrogens (tertiary/aromatic N) is 2. The molecule has 1 amide bonds. The predicted octanol–water partition coefficient (Wildman–Crippen LogP) is 3.00. The van der Waals surface area contributed by atoms with Gasteiger partial charge in [0.1, 0.15) is 0 Å². The highest BCUT2D eigenvalue weighted by molar-refractivity contribution is 5.95. The lowest BCUT2D eigenvalue weighted by molar-refractivity contribution is -0.142. The van der Waals surface area contributed by atoms with E-state index >= 15 is 0 Å². The molecule has 1 aliphatic carbocycles. The zero-order chi connectivity index (χ0) is 17.8. The van der Waals surface area contributed by atoms with Crippen molar-refractivity contribution in [2.45, 2.75) is 45.1 Å². The fourth-order valence-corrected chi connectivity index (χ4v) is 4.27. The van der Waals surface area contributed by atoms with Crippen molar-refractivity contribution in [2.75, 3.05) is 24.5 Å². The molecule has 1 heterocycles. The number of aliphatic carboxylic acids is 1. The van der Waals surface area contributed by atoms with E-state index in [1.54, 1.807) is 0 Å². The highest BCUT2D eigenvalue weighted by Gasteiger charge is 2.36. The van der Waals surface area contributed by atoms with Crippen LogP contribution in [0, 0.1) is 11.8 Å². The number of carboxylic acid groups (broad SMARTS) is 1. The van der Waals surface area contributed by atoms with Crippen LogP contribution in [0.25, 0.3) is 0 Å². The molecule has 3 rings (SSSR count).